The van der Waals surface area contributed by atoms with E-state index in [0.29, 0.717) is 27.8 Å². The Balaban J connectivity index is 2.26. The fourth-order valence-electron chi connectivity index (χ4n) is 1.94. The van der Waals surface area contributed by atoms with Crippen LogP contribution in [0.25, 0.3) is 0 Å². The number of rotatable bonds is 4. The summed E-state index contributed by atoms with van der Waals surface area (Å²) < 4.78 is 5.76. The van der Waals surface area contributed by atoms with Gasteiger partial charge in [-0.25, -0.2) is 0 Å². The predicted molar refractivity (Wildman–Crippen MR) is 85.1 cm³/mol. The monoisotopic (exact) mass is 304 g/mol. The Morgan fingerprint density at radius 2 is 2.05 bits per heavy atom. The van der Waals surface area contributed by atoms with E-state index in [1.807, 2.05) is 13.0 Å². The molecule has 0 saturated heterocycles. The van der Waals surface area contributed by atoms with Crippen molar-refractivity contribution in [3.05, 3.63) is 52.5 Å². The summed E-state index contributed by atoms with van der Waals surface area (Å²) >= 11 is 6.08. The lowest BCUT2D eigenvalue weighted by atomic mass is 10.1. The highest BCUT2D eigenvalue weighted by molar-refractivity contribution is 6.31. The lowest BCUT2D eigenvalue weighted by Crippen LogP contribution is -2.17. The maximum atomic E-state index is 11.5. The lowest BCUT2D eigenvalue weighted by Gasteiger charge is -2.11. The zero-order chi connectivity index (χ0) is 15.4. The first-order chi connectivity index (χ1) is 10.0. The average Bonchev–Trinajstić information content (AvgIpc) is 2.50. The van der Waals surface area contributed by atoms with Crippen molar-refractivity contribution in [1.82, 2.24) is 5.32 Å². The molecule has 0 aliphatic rings. The van der Waals surface area contributed by atoms with Crippen molar-refractivity contribution in [2.45, 2.75) is 13.3 Å². The van der Waals surface area contributed by atoms with Gasteiger partial charge < -0.3 is 15.8 Å². The molecule has 2 aromatic rings. The Morgan fingerprint density at radius 3 is 2.67 bits per heavy atom. The smallest absolute Gasteiger partial charge is 0.251 e. The van der Waals surface area contributed by atoms with Crippen molar-refractivity contribution >= 4 is 23.2 Å². The number of benzene rings is 2. The second-order valence-corrected chi connectivity index (χ2v) is 4.95. The topological polar surface area (TPSA) is 64.3 Å². The van der Waals surface area contributed by atoms with Crippen LogP contribution in [0.3, 0.4) is 0 Å². The Labute approximate surface area is 128 Å². The van der Waals surface area contributed by atoms with Crippen LogP contribution in [0.4, 0.5) is 5.69 Å². The molecule has 0 aliphatic carbocycles. The molecule has 2 aromatic carbocycles. The number of amides is 1. The average molecular weight is 305 g/mol. The molecule has 3 N–H and O–H groups in total. The Morgan fingerprint density at radius 1 is 1.29 bits per heavy atom. The second kappa shape index (κ2) is 6.50. The van der Waals surface area contributed by atoms with Gasteiger partial charge in [0.25, 0.3) is 5.91 Å². The van der Waals surface area contributed by atoms with Gasteiger partial charge in [0.1, 0.15) is 11.5 Å². The van der Waals surface area contributed by atoms with Gasteiger partial charge in [-0.15, -0.1) is 0 Å². The summed E-state index contributed by atoms with van der Waals surface area (Å²) in [6, 6.07) is 10.4. The van der Waals surface area contributed by atoms with Gasteiger partial charge in [0.05, 0.1) is 5.69 Å². The number of nitrogen functional groups attached to an aromatic ring is 1. The number of nitrogens with one attached hydrogen (secondary N) is 1. The van der Waals surface area contributed by atoms with Crippen LogP contribution in [-0.4, -0.2) is 13.0 Å². The second-order valence-electron chi connectivity index (χ2n) is 4.54. The molecular weight excluding hydrogens is 288 g/mol. The number of nitrogens with two attached hydrogens (primary N) is 1. The molecule has 110 valence electrons. The summed E-state index contributed by atoms with van der Waals surface area (Å²) in [5, 5.41) is 3.26. The van der Waals surface area contributed by atoms with Gasteiger partial charge in [-0.1, -0.05) is 18.5 Å². The van der Waals surface area contributed by atoms with Gasteiger partial charge in [0, 0.05) is 17.6 Å². The van der Waals surface area contributed by atoms with E-state index < -0.39 is 0 Å². The minimum atomic E-state index is -0.187. The van der Waals surface area contributed by atoms with Crippen LogP contribution in [0.1, 0.15) is 22.8 Å². The van der Waals surface area contributed by atoms with Crippen molar-refractivity contribution < 1.29 is 9.53 Å². The minimum Gasteiger partial charge on any atom is -0.455 e. The van der Waals surface area contributed by atoms with Gasteiger partial charge in [-0.05, 0) is 48.4 Å². The molecule has 0 heterocycles. The number of hydrogen-bond acceptors (Lipinski definition) is 3. The third kappa shape index (κ3) is 3.47. The van der Waals surface area contributed by atoms with Gasteiger partial charge >= 0.3 is 0 Å². The van der Waals surface area contributed by atoms with Crippen molar-refractivity contribution in [3.8, 4) is 11.5 Å². The van der Waals surface area contributed by atoms with Crippen LogP contribution in [0.2, 0.25) is 5.02 Å². The molecule has 0 aromatic heterocycles. The molecule has 0 saturated carbocycles. The summed E-state index contributed by atoms with van der Waals surface area (Å²) in [6.45, 7) is 2.03. The van der Waals surface area contributed by atoms with E-state index in [1.165, 1.54) is 0 Å². The summed E-state index contributed by atoms with van der Waals surface area (Å²) in [5.74, 6) is 0.982. The number of carbonyl (C=O) groups is 1. The number of halogens is 1. The summed E-state index contributed by atoms with van der Waals surface area (Å²) in [5.41, 5.74) is 7.84. The van der Waals surface area contributed by atoms with E-state index >= 15 is 0 Å². The first kappa shape index (κ1) is 15.2. The standard InChI is InChI=1S/C16H17ClN2O2/c1-3-10-8-12(5-6-13(10)17)21-15-7-4-11(9-14(15)18)16(20)19-2/h4-9H,3,18H2,1-2H3,(H,19,20). The highest BCUT2D eigenvalue weighted by atomic mass is 35.5. The fraction of sp³-hybridized carbons (Fsp3) is 0.188. The molecule has 5 heteroatoms. The van der Waals surface area contributed by atoms with Gasteiger partial charge in [-0.2, -0.15) is 0 Å². The molecule has 0 fully saturated rings. The number of ether oxygens (including phenoxy) is 1. The highest BCUT2D eigenvalue weighted by Crippen LogP contribution is 2.30. The minimum absolute atomic E-state index is 0.187. The summed E-state index contributed by atoms with van der Waals surface area (Å²) in [6.07, 6.45) is 0.821. The normalized spacial score (nSPS) is 10.2. The number of carbonyl (C=O) groups excluding carboxylic acids is 1. The Kier molecular flexibility index (Phi) is 4.70. The van der Waals surface area contributed by atoms with Crippen LogP contribution < -0.4 is 15.8 Å². The largest absolute Gasteiger partial charge is 0.455 e. The maximum absolute atomic E-state index is 11.5. The number of hydrogen-bond donors (Lipinski definition) is 2. The third-order valence-corrected chi connectivity index (χ3v) is 3.49. The van der Waals surface area contributed by atoms with Crippen LogP contribution in [-0.2, 0) is 6.42 Å². The van der Waals surface area contributed by atoms with Crippen molar-refractivity contribution in [3.63, 3.8) is 0 Å². The van der Waals surface area contributed by atoms with Crippen LogP contribution >= 0.6 is 11.6 Å². The number of anilines is 1. The summed E-state index contributed by atoms with van der Waals surface area (Å²) in [7, 11) is 1.57. The summed E-state index contributed by atoms with van der Waals surface area (Å²) in [4.78, 5) is 11.5. The van der Waals surface area contributed by atoms with Gasteiger partial charge in [0.15, 0.2) is 0 Å². The highest BCUT2D eigenvalue weighted by Gasteiger charge is 2.09. The molecule has 0 radical (unpaired) electrons. The maximum Gasteiger partial charge on any atom is 0.251 e. The Bertz CT molecular complexity index is 671. The van der Waals surface area contributed by atoms with E-state index in [2.05, 4.69) is 5.32 Å². The third-order valence-electron chi connectivity index (χ3n) is 3.12. The van der Waals surface area contributed by atoms with Crippen molar-refractivity contribution in [2.24, 2.45) is 0 Å². The first-order valence-electron chi connectivity index (χ1n) is 6.63. The molecule has 21 heavy (non-hydrogen) atoms. The van der Waals surface area contributed by atoms with Crippen molar-refractivity contribution in [2.75, 3.05) is 12.8 Å². The van der Waals surface area contributed by atoms with Crippen molar-refractivity contribution in [1.29, 1.82) is 0 Å². The van der Waals surface area contributed by atoms with E-state index in [4.69, 9.17) is 22.1 Å². The van der Waals surface area contributed by atoms with E-state index in [1.54, 1.807) is 37.4 Å². The fourth-order valence-corrected chi connectivity index (χ4v) is 2.19. The van der Waals surface area contributed by atoms with E-state index in [9.17, 15) is 4.79 Å². The molecule has 0 bridgehead atoms. The quantitative estimate of drug-likeness (QED) is 0.848. The molecule has 0 atom stereocenters. The predicted octanol–water partition coefficient (Wildman–Crippen LogP) is 3.64. The number of aryl methyl sites for hydroxylation is 1. The van der Waals surface area contributed by atoms with Crippen LogP contribution in [0.5, 0.6) is 11.5 Å². The zero-order valence-electron chi connectivity index (χ0n) is 11.9. The molecule has 4 nitrogen and oxygen atoms in total. The molecule has 0 spiro atoms. The molecule has 0 aliphatic heterocycles. The van der Waals surface area contributed by atoms with Gasteiger partial charge in [-0.3, -0.25) is 4.79 Å². The molecule has 2 rings (SSSR count). The van der Waals surface area contributed by atoms with Crippen LogP contribution in [0, 0.1) is 0 Å². The van der Waals surface area contributed by atoms with E-state index in [0.717, 1.165) is 12.0 Å². The SMILES string of the molecule is CCc1cc(Oc2ccc(C(=O)NC)cc2N)ccc1Cl. The Hall–Kier alpha value is -2.20. The zero-order valence-corrected chi connectivity index (χ0v) is 12.7. The van der Waals surface area contributed by atoms with E-state index in [-0.39, 0.29) is 5.91 Å². The lowest BCUT2D eigenvalue weighted by molar-refractivity contribution is 0.0963. The first-order valence-corrected chi connectivity index (χ1v) is 7.00. The van der Waals surface area contributed by atoms with Crippen LogP contribution in [0.15, 0.2) is 36.4 Å². The molecular formula is C16H17ClN2O2. The molecule has 1 amide bonds. The molecule has 0 unspecified atom stereocenters. The van der Waals surface area contributed by atoms with Gasteiger partial charge in [0.2, 0.25) is 0 Å².